The highest BCUT2D eigenvalue weighted by atomic mass is 31.0. The van der Waals surface area contributed by atoms with Gasteiger partial charge < -0.3 is 9.41 Å². The molecule has 1 fully saturated rings. The molecule has 1 aliphatic rings. The van der Waals surface area contributed by atoms with Crippen LogP contribution in [0.5, 0.6) is 5.75 Å². The zero-order valence-electron chi connectivity index (χ0n) is 13.6. The van der Waals surface area contributed by atoms with Crippen molar-refractivity contribution in [1.82, 2.24) is 4.67 Å². The SMILES string of the molecule is Cc1cc(N(C)P)c(OC(C)C)cc1C1CCN(P)CC1. The number of benzene rings is 1. The van der Waals surface area contributed by atoms with E-state index in [2.05, 4.69) is 61.0 Å². The standard InChI is InChI=1S/C16H28N2OP2/c1-11(2)19-16-10-14(12(3)9-15(16)17(4)20)13-5-7-18(21)8-6-13/h9-11,13H,5-8,20-21H2,1-4H3. The van der Waals surface area contributed by atoms with E-state index in [1.54, 1.807) is 0 Å². The van der Waals surface area contributed by atoms with Crippen LogP contribution in [0.1, 0.15) is 43.7 Å². The van der Waals surface area contributed by atoms with Crippen LogP contribution in [-0.2, 0) is 0 Å². The molecule has 1 aromatic carbocycles. The monoisotopic (exact) mass is 326 g/mol. The second-order valence-electron chi connectivity index (χ2n) is 6.26. The molecule has 118 valence electrons. The van der Waals surface area contributed by atoms with Gasteiger partial charge in [-0.3, -0.25) is 4.67 Å². The van der Waals surface area contributed by atoms with Gasteiger partial charge in [0.15, 0.2) is 0 Å². The van der Waals surface area contributed by atoms with Gasteiger partial charge in [0, 0.05) is 20.1 Å². The Morgan fingerprint density at radius 2 is 1.90 bits per heavy atom. The topological polar surface area (TPSA) is 15.7 Å². The van der Waals surface area contributed by atoms with Crippen molar-refractivity contribution in [1.29, 1.82) is 0 Å². The van der Waals surface area contributed by atoms with Gasteiger partial charge in [-0.15, -0.1) is 0 Å². The lowest BCUT2D eigenvalue weighted by Crippen LogP contribution is -2.25. The molecule has 1 heterocycles. The van der Waals surface area contributed by atoms with Crippen molar-refractivity contribution in [3.05, 3.63) is 23.3 Å². The number of ether oxygens (including phenoxy) is 1. The smallest absolute Gasteiger partial charge is 0.143 e. The average molecular weight is 326 g/mol. The van der Waals surface area contributed by atoms with Crippen LogP contribution >= 0.6 is 18.8 Å². The molecule has 1 aliphatic heterocycles. The summed E-state index contributed by atoms with van der Waals surface area (Å²) in [4.78, 5) is 0. The number of anilines is 1. The van der Waals surface area contributed by atoms with Crippen molar-refractivity contribution >= 4 is 24.5 Å². The Morgan fingerprint density at radius 3 is 2.43 bits per heavy atom. The molecule has 1 saturated heterocycles. The van der Waals surface area contributed by atoms with Gasteiger partial charge in [-0.1, -0.05) is 9.39 Å². The molecule has 1 aromatic rings. The number of nitrogens with zero attached hydrogens (tertiary/aromatic N) is 2. The molecule has 21 heavy (non-hydrogen) atoms. The van der Waals surface area contributed by atoms with Gasteiger partial charge in [-0.05, 0) is 72.2 Å². The molecule has 2 unspecified atom stereocenters. The second-order valence-corrected chi connectivity index (χ2v) is 7.77. The van der Waals surface area contributed by atoms with Crippen molar-refractivity contribution in [2.45, 2.75) is 45.6 Å². The molecule has 0 bridgehead atoms. The van der Waals surface area contributed by atoms with Gasteiger partial charge in [0.1, 0.15) is 5.75 Å². The molecule has 0 amide bonds. The maximum atomic E-state index is 6.04. The predicted molar refractivity (Wildman–Crippen MR) is 98.3 cm³/mol. The molecule has 0 aliphatic carbocycles. The van der Waals surface area contributed by atoms with Crippen molar-refractivity contribution in [3.8, 4) is 5.75 Å². The second kappa shape index (κ2) is 7.27. The molecule has 0 aromatic heterocycles. The van der Waals surface area contributed by atoms with Gasteiger partial charge in [0.25, 0.3) is 0 Å². The summed E-state index contributed by atoms with van der Waals surface area (Å²) in [7, 11) is 7.59. The van der Waals surface area contributed by atoms with Gasteiger partial charge in [0.05, 0.1) is 11.8 Å². The molecular formula is C16H28N2OP2. The van der Waals surface area contributed by atoms with E-state index in [4.69, 9.17) is 4.74 Å². The third kappa shape index (κ3) is 4.31. The first kappa shape index (κ1) is 17.0. The van der Waals surface area contributed by atoms with E-state index in [9.17, 15) is 0 Å². The van der Waals surface area contributed by atoms with E-state index in [0.717, 1.165) is 24.5 Å². The van der Waals surface area contributed by atoms with Crippen molar-refractivity contribution < 1.29 is 4.74 Å². The van der Waals surface area contributed by atoms with Crippen LogP contribution in [0.25, 0.3) is 0 Å². The first-order valence-corrected chi connectivity index (χ1v) is 8.71. The van der Waals surface area contributed by atoms with Crippen LogP contribution < -0.4 is 9.41 Å². The zero-order valence-corrected chi connectivity index (χ0v) is 15.9. The number of hydrogen-bond acceptors (Lipinski definition) is 3. The molecular weight excluding hydrogens is 298 g/mol. The third-order valence-electron chi connectivity index (χ3n) is 4.06. The molecule has 0 radical (unpaired) electrons. The fourth-order valence-corrected chi connectivity index (χ4v) is 3.46. The molecule has 3 nitrogen and oxygen atoms in total. The Kier molecular flexibility index (Phi) is 5.88. The molecule has 0 spiro atoms. The lowest BCUT2D eigenvalue weighted by Gasteiger charge is -2.31. The highest BCUT2D eigenvalue weighted by molar-refractivity contribution is 7.19. The number of piperidine rings is 1. The van der Waals surface area contributed by atoms with Gasteiger partial charge in [-0.25, -0.2) is 0 Å². The Morgan fingerprint density at radius 1 is 1.29 bits per heavy atom. The number of aryl methyl sites for hydroxylation is 1. The zero-order chi connectivity index (χ0) is 15.6. The summed E-state index contributed by atoms with van der Waals surface area (Å²) in [5.74, 6) is 1.65. The van der Waals surface area contributed by atoms with Crippen LogP contribution in [0.15, 0.2) is 12.1 Å². The summed E-state index contributed by atoms with van der Waals surface area (Å²) >= 11 is 0. The quantitative estimate of drug-likeness (QED) is 0.779. The van der Waals surface area contributed by atoms with E-state index in [1.165, 1.54) is 24.0 Å². The van der Waals surface area contributed by atoms with E-state index in [0.29, 0.717) is 5.92 Å². The first-order valence-electron chi connectivity index (χ1n) is 7.67. The summed E-state index contributed by atoms with van der Waals surface area (Å²) in [6.45, 7) is 8.69. The summed E-state index contributed by atoms with van der Waals surface area (Å²) < 4.78 is 10.4. The maximum Gasteiger partial charge on any atom is 0.143 e. The summed E-state index contributed by atoms with van der Waals surface area (Å²) in [6, 6.07) is 4.53. The van der Waals surface area contributed by atoms with Crippen LogP contribution in [0.2, 0.25) is 0 Å². The van der Waals surface area contributed by atoms with Crippen LogP contribution in [0.4, 0.5) is 5.69 Å². The number of hydrogen-bond donors (Lipinski definition) is 0. The largest absolute Gasteiger partial charge is 0.489 e. The lowest BCUT2D eigenvalue weighted by molar-refractivity contribution is 0.242. The van der Waals surface area contributed by atoms with E-state index in [-0.39, 0.29) is 6.10 Å². The van der Waals surface area contributed by atoms with Gasteiger partial charge in [-0.2, -0.15) is 0 Å². The fraction of sp³-hybridized carbons (Fsp3) is 0.625. The van der Waals surface area contributed by atoms with Crippen molar-refractivity contribution in [2.24, 2.45) is 0 Å². The molecule has 0 N–H and O–H groups in total. The Bertz CT molecular complexity index is 483. The predicted octanol–water partition coefficient (Wildman–Crippen LogP) is 3.98. The van der Waals surface area contributed by atoms with Crippen molar-refractivity contribution in [2.75, 3.05) is 24.8 Å². The van der Waals surface area contributed by atoms with Gasteiger partial charge in [0.2, 0.25) is 0 Å². The summed E-state index contributed by atoms with van der Waals surface area (Å²) in [5, 5.41) is 0. The molecule has 0 saturated carbocycles. The van der Waals surface area contributed by atoms with Crippen LogP contribution in [-0.4, -0.2) is 30.9 Å². The fourth-order valence-electron chi connectivity index (χ4n) is 2.96. The van der Waals surface area contributed by atoms with Crippen molar-refractivity contribution in [3.63, 3.8) is 0 Å². The molecule has 5 heteroatoms. The minimum Gasteiger partial charge on any atom is -0.489 e. The third-order valence-corrected chi connectivity index (χ3v) is 4.85. The lowest BCUT2D eigenvalue weighted by atomic mass is 9.87. The average Bonchev–Trinajstić information content (AvgIpc) is 2.40. The maximum absolute atomic E-state index is 6.04. The van der Waals surface area contributed by atoms with E-state index < -0.39 is 0 Å². The Hall–Kier alpha value is -0.360. The normalized spacial score (nSPS) is 17.3. The Balaban J connectivity index is 2.33. The highest BCUT2D eigenvalue weighted by Crippen LogP contribution is 2.39. The van der Waals surface area contributed by atoms with E-state index in [1.807, 2.05) is 7.05 Å². The first-order chi connectivity index (χ1) is 9.88. The van der Waals surface area contributed by atoms with Crippen LogP contribution in [0, 0.1) is 6.92 Å². The minimum atomic E-state index is 0.193. The summed E-state index contributed by atoms with van der Waals surface area (Å²) in [6.07, 6.45) is 2.64. The Labute approximate surface area is 133 Å². The van der Waals surface area contributed by atoms with Crippen LogP contribution in [0.3, 0.4) is 0 Å². The molecule has 2 rings (SSSR count). The van der Waals surface area contributed by atoms with E-state index >= 15 is 0 Å². The summed E-state index contributed by atoms with van der Waals surface area (Å²) in [5.41, 5.74) is 3.97. The molecule has 2 atom stereocenters. The minimum absolute atomic E-state index is 0.193. The highest BCUT2D eigenvalue weighted by Gasteiger charge is 2.22. The number of rotatable bonds is 4. The van der Waals surface area contributed by atoms with Gasteiger partial charge >= 0.3 is 0 Å².